The maximum Gasteiger partial charge on any atom is 0.239 e. The Hall–Kier alpha value is -1.86. The molecule has 1 amide bonds. The van der Waals surface area contributed by atoms with Crippen LogP contribution in [0.5, 0.6) is 5.75 Å². The zero-order chi connectivity index (χ0) is 15.2. The van der Waals surface area contributed by atoms with Crippen LogP contribution in [0.25, 0.3) is 0 Å². The largest absolute Gasteiger partial charge is 0.497 e. The first-order valence-electron chi connectivity index (χ1n) is 5.86. The van der Waals surface area contributed by atoms with E-state index in [1.54, 1.807) is 24.3 Å². The van der Waals surface area contributed by atoms with Crippen molar-refractivity contribution in [3.8, 4) is 5.75 Å². The minimum Gasteiger partial charge on any atom is -0.497 e. The first-order valence-corrected chi connectivity index (χ1v) is 7.71. The molecule has 0 unspecified atom stereocenters. The van der Waals surface area contributed by atoms with Gasteiger partial charge < -0.3 is 10.1 Å². The molecular weight excluding hydrogens is 280 g/mol. The molecule has 0 aliphatic heterocycles. The fourth-order valence-corrected chi connectivity index (χ4v) is 2.25. The van der Waals surface area contributed by atoms with Gasteiger partial charge in [0.2, 0.25) is 15.9 Å². The second-order valence-corrected chi connectivity index (χ2v) is 6.11. The summed E-state index contributed by atoms with van der Waals surface area (Å²) < 4.78 is 29.1. The Morgan fingerprint density at radius 2 is 2.20 bits per heavy atom. The van der Waals surface area contributed by atoms with Crippen LogP contribution < -0.4 is 10.1 Å². The van der Waals surface area contributed by atoms with E-state index in [1.807, 2.05) is 0 Å². The lowest BCUT2D eigenvalue weighted by molar-refractivity contribution is -0.116. The molecule has 6 nitrogen and oxygen atoms in total. The SMILES string of the molecule is C=CCN(CC(=O)Nc1cccc(OC)c1)S(C)(=O)=O. The number of rotatable bonds is 7. The standard InChI is InChI=1S/C13H18N2O4S/c1-4-8-15(20(3,17)18)10-13(16)14-11-6-5-7-12(9-11)19-2/h4-7,9H,1,8,10H2,2-3H3,(H,14,16). The van der Waals surface area contributed by atoms with Crippen molar-refractivity contribution in [1.29, 1.82) is 0 Å². The number of methoxy groups -OCH3 is 1. The van der Waals surface area contributed by atoms with E-state index in [1.165, 1.54) is 13.2 Å². The highest BCUT2D eigenvalue weighted by atomic mass is 32.2. The van der Waals surface area contributed by atoms with E-state index in [4.69, 9.17) is 4.74 Å². The number of ether oxygens (including phenoxy) is 1. The zero-order valence-electron chi connectivity index (χ0n) is 11.5. The second kappa shape index (κ2) is 7.06. The summed E-state index contributed by atoms with van der Waals surface area (Å²) in [4.78, 5) is 11.9. The minimum absolute atomic E-state index is 0.0877. The molecule has 0 fully saturated rings. The number of amides is 1. The number of anilines is 1. The molecule has 0 saturated carbocycles. The molecule has 0 spiro atoms. The van der Waals surface area contributed by atoms with Gasteiger partial charge in [0.1, 0.15) is 5.75 Å². The van der Waals surface area contributed by atoms with E-state index in [0.29, 0.717) is 11.4 Å². The van der Waals surface area contributed by atoms with Gasteiger partial charge >= 0.3 is 0 Å². The third-order valence-corrected chi connectivity index (χ3v) is 3.69. The molecule has 0 bridgehead atoms. The quantitative estimate of drug-likeness (QED) is 0.764. The van der Waals surface area contributed by atoms with E-state index in [2.05, 4.69) is 11.9 Å². The normalized spacial score (nSPS) is 11.2. The highest BCUT2D eigenvalue weighted by Crippen LogP contribution is 2.16. The summed E-state index contributed by atoms with van der Waals surface area (Å²) in [5.74, 6) is 0.180. The molecule has 110 valence electrons. The Kier molecular flexibility index (Phi) is 5.72. The molecule has 1 N–H and O–H groups in total. The van der Waals surface area contributed by atoms with Crippen LogP contribution in [0.1, 0.15) is 0 Å². The molecule has 0 saturated heterocycles. The van der Waals surface area contributed by atoms with E-state index < -0.39 is 15.9 Å². The molecule has 0 aromatic heterocycles. The van der Waals surface area contributed by atoms with Gasteiger partial charge in [-0.15, -0.1) is 6.58 Å². The molecule has 20 heavy (non-hydrogen) atoms. The van der Waals surface area contributed by atoms with Gasteiger partial charge in [-0.3, -0.25) is 4.79 Å². The summed E-state index contributed by atoms with van der Waals surface area (Å²) >= 11 is 0. The van der Waals surface area contributed by atoms with Crippen molar-refractivity contribution in [2.24, 2.45) is 0 Å². The average Bonchev–Trinajstić information content (AvgIpc) is 2.37. The van der Waals surface area contributed by atoms with Gasteiger partial charge in [-0.2, -0.15) is 4.31 Å². The summed E-state index contributed by atoms with van der Waals surface area (Å²) in [5, 5.41) is 2.62. The molecule has 0 aliphatic carbocycles. The fraction of sp³-hybridized carbons (Fsp3) is 0.308. The summed E-state index contributed by atoms with van der Waals surface area (Å²) in [6.07, 6.45) is 2.48. The number of carbonyl (C=O) groups excluding carboxylic acids is 1. The molecule has 7 heteroatoms. The maximum absolute atomic E-state index is 11.9. The minimum atomic E-state index is -3.45. The number of hydrogen-bond donors (Lipinski definition) is 1. The van der Waals surface area contributed by atoms with Crippen LogP contribution in [0.2, 0.25) is 0 Å². The average molecular weight is 298 g/mol. The molecule has 1 rings (SSSR count). The van der Waals surface area contributed by atoms with Gasteiger partial charge in [0.05, 0.1) is 19.9 Å². The second-order valence-electron chi connectivity index (χ2n) is 4.12. The highest BCUT2D eigenvalue weighted by Gasteiger charge is 2.18. The van der Waals surface area contributed by atoms with Crippen LogP contribution in [0.3, 0.4) is 0 Å². The Balaban J connectivity index is 2.72. The zero-order valence-corrected chi connectivity index (χ0v) is 12.3. The molecule has 0 aliphatic rings. The summed E-state index contributed by atoms with van der Waals surface area (Å²) in [7, 11) is -1.93. The fourth-order valence-electron chi connectivity index (χ4n) is 1.52. The summed E-state index contributed by atoms with van der Waals surface area (Å²) in [6.45, 7) is 3.30. The molecule has 0 radical (unpaired) electrons. The maximum atomic E-state index is 11.9. The first-order chi connectivity index (χ1) is 9.36. The van der Waals surface area contributed by atoms with Gasteiger partial charge in [0, 0.05) is 18.3 Å². The van der Waals surface area contributed by atoms with Gasteiger partial charge in [0.25, 0.3) is 0 Å². The Bertz CT molecular complexity index is 584. The van der Waals surface area contributed by atoms with Gasteiger partial charge in [-0.1, -0.05) is 12.1 Å². The molecular formula is C13H18N2O4S. The third kappa shape index (κ3) is 5.02. The number of benzene rings is 1. The van der Waals surface area contributed by atoms with Crippen LogP contribution in [-0.2, 0) is 14.8 Å². The van der Waals surface area contributed by atoms with Gasteiger partial charge in [-0.25, -0.2) is 8.42 Å². The monoisotopic (exact) mass is 298 g/mol. The lowest BCUT2D eigenvalue weighted by Crippen LogP contribution is -2.37. The highest BCUT2D eigenvalue weighted by molar-refractivity contribution is 7.88. The Morgan fingerprint density at radius 3 is 2.75 bits per heavy atom. The lowest BCUT2D eigenvalue weighted by atomic mass is 10.3. The van der Waals surface area contributed by atoms with Gasteiger partial charge in [-0.05, 0) is 12.1 Å². The van der Waals surface area contributed by atoms with E-state index in [0.717, 1.165) is 10.6 Å². The summed E-state index contributed by atoms with van der Waals surface area (Å²) in [5.41, 5.74) is 0.543. The van der Waals surface area contributed by atoms with E-state index in [9.17, 15) is 13.2 Å². The Labute approximate surface area is 119 Å². The molecule has 0 heterocycles. The van der Waals surface area contributed by atoms with Crippen molar-refractivity contribution in [1.82, 2.24) is 4.31 Å². The summed E-state index contributed by atoms with van der Waals surface area (Å²) in [6, 6.07) is 6.82. The molecule has 1 aromatic carbocycles. The van der Waals surface area contributed by atoms with Crippen LogP contribution in [0, 0.1) is 0 Å². The van der Waals surface area contributed by atoms with Crippen molar-refractivity contribution < 1.29 is 17.9 Å². The Morgan fingerprint density at radius 1 is 1.50 bits per heavy atom. The molecule has 1 aromatic rings. The van der Waals surface area contributed by atoms with Crippen LogP contribution in [-0.4, -0.2) is 45.1 Å². The van der Waals surface area contributed by atoms with Crippen molar-refractivity contribution in [2.45, 2.75) is 0 Å². The predicted molar refractivity (Wildman–Crippen MR) is 78.2 cm³/mol. The number of hydrogen-bond acceptors (Lipinski definition) is 4. The lowest BCUT2D eigenvalue weighted by Gasteiger charge is -2.17. The topological polar surface area (TPSA) is 75.7 Å². The van der Waals surface area contributed by atoms with Crippen LogP contribution in [0.15, 0.2) is 36.9 Å². The van der Waals surface area contributed by atoms with Crippen molar-refractivity contribution in [3.63, 3.8) is 0 Å². The number of sulfonamides is 1. The predicted octanol–water partition coefficient (Wildman–Crippen LogP) is 1.08. The van der Waals surface area contributed by atoms with Crippen molar-refractivity contribution in [2.75, 3.05) is 31.8 Å². The number of nitrogens with one attached hydrogen (secondary N) is 1. The van der Waals surface area contributed by atoms with E-state index >= 15 is 0 Å². The number of nitrogens with zero attached hydrogens (tertiary/aromatic N) is 1. The first kappa shape index (κ1) is 16.2. The van der Waals surface area contributed by atoms with Crippen molar-refractivity contribution >= 4 is 21.6 Å². The number of carbonyl (C=O) groups is 1. The van der Waals surface area contributed by atoms with Crippen LogP contribution >= 0.6 is 0 Å². The third-order valence-electron chi connectivity index (χ3n) is 2.48. The molecule has 0 atom stereocenters. The van der Waals surface area contributed by atoms with Gasteiger partial charge in [0.15, 0.2) is 0 Å². The van der Waals surface area contributed by atoms with Crippen LogP contribution in [0.4, 0.5) is 5.69 Å². The van der Waals surface area contributed by atoms with E-state index in [-0.39, 0.29) is 13.1 Å². The van der Waals surface area contributed by atoms with Crippen molar-refractivity contribution in [3.05, 3.63) is 36.9 Å². The smallest absolute Gasteiger partial charge is 0.239 e.